The molecular formula is C24H17N3O3S2. The summed E-state index contributed by atoms with van der Waals surface area (Å²) in [5, 5.41) is 4.50. The van der Waals surface area contributed by atoms with E-state index in [1.165, 1.54) is 12.1 Å². The summed E-state index contributed by atoms with van der Waals surface area (Å²) in [6.45, 7) is 0. The minimum atomic E-state index is -3.69. The lowest BCUT2D eigenvalue weighted by Crippen LogP contribution is -2.14. The molecule has 0 fully saturated rings. The number of carbonyl (C=O) groups is 1. The second-order valence-electron chi connectivity index (χ2n) is 6.62. The van der Waals surface area contributed by atoms with Gasteiger partial charge in [0, 0.05) is 28.7 Å². The first-order valence-corrected chi connectivity index (χ1v) is 11.9. The third-order valence-electron chi connectivity index (χ3n) is 4.26. The summed E-state index contributed by atoms with van der Waals surface area (Å²) < 4.78 is 27.5. The summed E-state index contributed by atoms with van der Waals surface area (Å²) in [4.78, 5) is 16.9. The van der Waals surface area contributed by atoms with Crippen LogP contribution >= 0.6 is 11.3 Å². The Bertz CT molecular complexity index is 1410. The highest BCUT2D eigenvalue weighted by Crippen LogP contribution is 2.21. The second-order valence-corrected chi connectivity index (χ2v) is 9.48. The lowest BCUT2D eigenvalue weighted by Gasteiger charge is -2.09. The predicted molar refractivity (Wildman–Crippen MR) is 126 cm³/mol. The number of aromatic nitrogens is 1. The van der Waals surface area contributed by atoms with Gasteiger partial charge in [0.25, 0.3) is 15.9 Å². The predicted octanol–water partition coefficient (Wildman–Crippen LogP) is 4.60. The molecule has 0 spiro atoms. The van der Waals surface area contributed by atoms with Crippen molar-refractivity contribution in [1.82, 2.24) is 4.98 Å². The van der Waals surface area contributed by atoms with E-state index < -0.39 is 10.0 Å². The van der Waals surface area contributed by atoms with Crippen LogP contribution in [0.15, 0.2) is 94.6 Å². The van der Waals surface area contributed by atoms with Crippen LogP contribution in [0.2, 0.25) is 0 Å². The third kappa shape index (κ3) is 5.40. The number of anilines is 2. The van der Waals surface area contributed by atoms with Gasteiger partial charge in [-0.25, -0.2) is 13.4 Å². The van der Waals surface area contributed by atoms with Crippen molar-refractivity contribution in [2.75, 3.05) is 10.0 Å². The minimum Gasteiger partial charge on any atom is -0.322 e. The van der Waals surface area contributed by atoms with Crippen LogP contribution < -0.4 is 10.0 Å². The molecule has 1 amide bonds. The summed E-state index contributed by atoms with van der Waals surface area (Å²) >= 11 is 1.12. The van der Waals surface area contributed by atoms with Crippen molar-refractivity contribution < 1.29 is 13.2 Å². The summed E-state index contributed by atoms with van der Waals surface area (Å²) in [7, 11) is -3.69. The molecule has 2 N–H and O–H groups in total. The summed E-state index contributed by atoms with van der Waals surface area (Å²) in [5.41, 5.74) is 2.59. The summed E-state index contributed by atoms with van der Waals surface area (Å²) in [6.07, 6.45) is 1.68. The number of hydrogen-bond acceptors (Lipinski definition) is 5. The SMILES string of the molecule is O=C(Nc1cccc(C#Cc2ccccn2)c1)c1cccc(NS(=O)(=O)c2cccs2)c1. The zero-order chi connectivity index (χ0) is 22.4. The molecule has 2 aromatic heterocycles. The number of hydrogen-bond donors (Lipinski definition) is 2. The number of carbonyl (C=O) groups excluding carboxylic acids is 1. The first kappa shape index (κ1) is 21.3. The fraction of sp³-hybridized carbons (Fsp3) is 0. The molecule has 158 valence electrons. The van der Waals surface area contributed by atoms with Crippen molar-refractivity contribution in [2.24, 2.45) is 0 Å². The first-order chi connectivity index (χ1) is 15.5. The van der Waals surface area contributed by atoms with Gasteiger partial charge in [-0.15, -0.1) is 11.3 Å². The van der Waals surface area contributed by atoms with Crippen LogP contribution in [0, 0.1) is 11.8 Å². The summed E-state index contributed by atoms with van der Waals surface area (Å²) in [5.74, 6) is 5.63. The number of nitrogens with zero attached hydrogens (tertiary/aromatic N) is 1. The Labute approximate surface area is 190 Å². The molecule has 8 heteroatoms. The number of rotatable bonds is 5. The molecule has 0 saturated carbocycles. The molecule has 6 nitrogen and oxygen atoms in total. The van der Waals surface area contributed by atoms with Crippen LogP contribution in [0.3, 0.4) is 0 Å². The molecular weight excluding hydrogens is 442 g/mol. The van der Waals surface area contributed by atoms with Crippen molar-refractivity contribution in [2.45, 2.75) is 4.21 Å². The molecule has 0 aliphatic rings. The van der Waals surface area contributed by atoms with Crippen LogP contribution in [0.5, 0.6) is 0 Å². The monoisotopic (exact) mass is 459 g/mol. The van der Waals surface area contributed by atoms with Gasteiger partial charge in [-0.1, -0.05) is 30.2 Å². The maximum atomic E-state index is 12.7. The van der Waals surface area contributed by atoms with Crippen molar-refractivity contribution >= 4 is 38.6 Å². The molecule has 4 rings (SSSR count). The van der Waals surface area contributed by atoms with Crippen LogP contribution in [0.4, 0.5) is 11.4 Å². The number of sulfonamides is 1. The van der Waals surface area contributed by atoms with E-state index in [4.69, 9.17) is 0 Å². The van der Waals surface area contributed by atoms with E-state index in [9.17, 15) is 13.2 Å². The average Bonchev–Trinajstić information content (AvgIpc) is 3.35. The van der Waals surface area contributed by atoms with E-state index in [1.807, 2.05) is 24.3 Å². The Kier molecular flexibility index (Phi) is 6.31. The molecule has 0 radical (unpaired) electrons. The van der Waals surface area contributed by atoms with Gasteiger partial charge in [0.1, 0.15) is 9.90 Å². The second kappa shape index (κ2) is 9.47. The normalized spacial score (nSPS) is 10.6. The Balaban J connectivity index is 1.48. The van der Waals surface area contributed by atoms with Gasteiger partial charge in [0.2, 0.25) is 0 Å². The van der Waals surface area contributed by atoms with E-state index in [0.29, 0.717) is 22.6 Å². The number of pyridine rings is 1. The minimum absolute atomic E-state index is 0.205. The van der Waals surface area contributed by atoms with E-state index >= 15 is 0 Å². The number of thiophene rings is 1. The van der Waals surface area contributed by atoms with Gasteiger partial charge < -0.3 is 5.32 Å². The lowest BCUT2D eigenvalue weighted by atomic mass is 10.1. The highest BCUT2D eigenvalue weighted by Gasteiger charge is 2.16. The Morgan fingerprint density at radius 2 is 1.72 bits per heavy atom. The maximum absolute atomic E-state index is 12.7. The highest BCUT2D eigenvalue weighted by molar-refractivity contribution is 7.94. The van der Waals surface area contributed by atoms with Crippen LogP contribution in [-0.2, 0) is 10.0 Å². The van der Waals surface area contributed by atoms with E-state index in [2.05, 4.69) is 26.9 Å². The van der Waals surface area contributed by atoms with Crippen molar-refractivity contribution in [1.29, 1.82) is 0 Å². The maximum Gasteiger partial charge on any atom is 0.271 e. The summed E-state index contributed by atoms with van der Waals surface area (Å²) in [6, 6.07) is 22.2. The largest absolute Gasteiger partial charge is 0.322 e. The smallest absolute Gasteiger partial charge is 0.271 e. The number of benzene rings is 2. The average molecular weight is 460 g/mol. The van der Waals surface area contributed by atoms with E-state index in [1.54, 1.807) is 54.0 Å². The molecule has 0 atom stereocenters. The third-order valence-corrected chi connectivity index (χ3v) is 7.04. The fourth-order valence-corrected chi connectivity index (χ4v) is 4.84. The van der Waals surface area contributed by atoms with Crippen molar-refractivity contribution in [3.05, 3.63) is 107 Å². The van der Waals surface area contributed by atoms with Crippen molar-refractivity contribution in [3.63, 3.8) is 0 Å². The molecule has 0 aliphatic heterocycles. The topological polar surface area (TPSA) is 88.2 Å². The zero-order valence-corrected chi connectivity index (χ0v) is 18.3. The number of amides is 1. The molecule has 0 saturated heterocycles. The van der Waals surface area contributed by atoms with Gasteiger partial charge >= 0.3 is 0 Å². The first-order valence-electron chi connectivity index (χ1n) is 9.50. The quantitative estimate of drug-likeness (QED) is 0.427. The fourth-order valence-electron chi connectivity index (χ4n) is 2.80. The van der Waals surface area contributed by atoms with Gasteiger partial charge in [-0.05, 0) is 65.9 Å². The van der Waals surface area contributed by atoms with Gasteiger partial charge in [0.15, 0.2) is 0 Å². The molecule has 2 heterocycles. The van der Waals surface area contributed by atoms with Crippen LogP contribution in [0.1, 0.15) is 21.6 Å². The standard InChI is InChI=1S/C24H17N3O3S2/c28-24(19-7-4-10-22(17-19)27-32(29,30)23-11-5-15-31-23)26-21-9-3-6-18(16-21)12-13-20-8-1-2-14-25-20/h1-11,14-17,27H,(H,26,28). The Morgan fingerprint density at radius 1 is 0.875 bits per heavy atom. The van der Waals surface area contributed by atoms with Crippen molar-refractivity contribution in [3.8, 4) is 11.8 Å². The molecule has 0 unspecified atom stereocenters. The van der Waals surface area contributed by atoms with Gasteiger partial charge in [0.05, 0.1) is 0 Å². The Hall–Kier alpha value is -3.93. The van der Waals surface area contributed by atoms with Gasteiger partial charge in [-0.2, -0.15) is 0 Å². The van der Waals surface area contributed by atoms with Crippen LogP contribution in [0.25, 0.3) is 0 Å². The molecule has 0 bridgehead atoms. The zero-order valence-electron chi connectivity index (χ0n) is 16.6. The highest BCUT2D eigenvalue weighted by atomic mass is 32.2. The van der Waals surface area contributed by atoms with Crippen LogP contribution in [-0.4, -0.2) is 19.3 Å². The Morgan fingerprint density at radius 3 is 2.50 bits per heavy atom. The molecule has 32 heavy (non-hydrogen) atoms. The van der Waals surface area contributed by atoms with E-state index in [0.717, 1.165) is 16.9 Å². The molecule has 4 aromatic rings. The van der Waals surface area contributed by atoms with E-state index in [-0.39, 0.29) is 10.1 Å². The number of nitrogens with one attached hydrogen (secondary N) is 2. The lowest BCUT2D eigenvalue weighted by molar-refractivity contribution is 0.102. The molecule has 2 aromatic carbocycles. The molecule has 0 aliphatic carbocycles. The van der Waals surface area contributed by atoms with Gasteiger partial charge in [-0.3, -0.25) is 9.52 Å².